The summed E-state index contributed by atoms with van der Waals surface area (Å²) in [5, 5.41) is 3.58. The molecule has 2 rings (SSSR count). The summed E-state index contributed by atoms with van der Waals surface area (Å²) in [7, 11) is 0. The molecule has 0 aliphatic carbocycles. The van der Waals surface area contributed by atoms with Crippen molar-refractivity contribution in [3.63, 3.8) is 0 Å². The van der Waals surface area contributed by atoms with E-state index < -0.39 is 0 Å². The number of carbonyl (C=O) groups is 1. The maximum absolute atomic E-state index is 12.7. The summed E-state index contributed by atoms with van der Waals surface area (Å²) in [6.07, 6.45) is 3.74. The summed E-state index contributed by atoms with van der Waals surface area (Å²) in [5.74, 6) is 4.63. The van der Waals surface area contributed by atoms with Gasteiger partial charge in [0.2, 0.25) is 5.91 Å². The zero-order valence-corrected chi connectivity index (χ0v) is 14.2. The highest BCUT2D eigenvalue weighted by Crippen LogP contribution is 2.28. The highest BCUT2D eigenvalue weighted by atomic mass is 32.2. The Morgan fingerprint density at radius 1 is 1.25 bits per heavy atom. The molecule has 2 fully saturated rings. The van der Waals surface area contributed by atoms with Gasteiger partial charge < -0.3 is 4.90 Å². The Hall–Kier alpha value is -0.220. The Kier molecular flexibility index (Phi) is 5.79. The standard InChI is InChI=1S/C16H30N2OS/c1-11(2)9-14-16(19)18(15(17-14)12(3)4)10-13-5-7-20-8-6-13/h11-15,17H,5-10H2,1-4H3. The number of thioether (sulfide) groups is 1. The summed E-state index contributed by atoms with van der Waals surface area (Å²) in [6.45, 7) is 9.78. The third kappa shape index (κ3) is 3.91. The fourth-order valence-corrected chi connectivity index (χ4v) is 4.51. The lowest BCUT2D eigenvalue weighted by atomic mass is 10.0. The second-order valence-electron chi connectivity index (χ2n) is 7.08. The van der Waals surface area contributed by atoms with Crippen molar-refractivity contribution in [3.05, 3.63) is 0 Å². The lowest BCUT2D eigenvalue weighted by Gasteiger charge is -2.32. The molecule has 1 amide bonds. The van der Waals surface area contributed by atoms with Crippen LogP contribution in [0.2, 0.25) is 0 Å². The maximum atomic E-state index is 12.7. The van der Waals surface area contributed by atoms with E-state index in [1.807, 2.05) is 0 Å². The van der Waals surface area contributed by atoms with Crippen molar-refractivity contribution in [2.45, 2.75) is 59.2 Å². The molecule has 2 heterocycles. The molecule has 0 radical (unpaired) electrons. The molecule has 0 aromatic carbocycles. The third-order valence-electron chi connectivity index (χ3n) is 4.42. The van der Waals surface area contributed by atoms with Gasteiger partial charge in [0, 0.05) is 6.54 Å². The van der Waals surface area contributed by atoms with E-state index in [0.717, 1.165) is 13.0 Å². The average Bonchev–Trinajstić information content (AvgIpc) is 2.69. The minimum atomic E-state index is 0.0420. The summed E-state index contributed by atoms with van der Waals surface area (Å²) in [6, 6.07) is 0.0420. The highest BCUT2D eigenvalue weighted by Gasteiger charge is 2.40. The minimum absolute atomic E-state index is 0.0420. The Bertz CT molecular complexity index is 326. The first-order valence-corrected chi connectivity index (χ1v) is 9.28. The SMILES string of the molecule is CC(C)CC1NC(C(C)C)N(CC2CCSCC2)C1=O. The molecule has 2 aliphatic rings. The molecule has 2 unspecified atom stereocenters. The van der Waals surface area contributed by atoms with E-state index in [9.17, 15) is 4.79 Å². The second-order valence-corrected chi connectivity index (χ2v) is 8.31. The topological polar surface area (TPSA) is 32.3 Å². The van der Waals surface area contributed by atoms with Crippen LogP contribution < -0.4 is 5.32 Å². The average molecular weight is 298 g/mol. The summed E-state index contributed by atoms with van der Waals surface area (Å²) >= 11 is 2.05. The van der Waals surface area contributed by atoms with Crippen molar-refractivity contribution in [2.24, 2.45) is 17.8 Å². The largest absolute Gasteiger partial charge is 0.325 e. The van der Waals surface area contributed by atoms with E-state index in [2.05, 4.69) is 49.7 Å². The van der Waals surface area contributed by atoms with E-state index in [-0.39, 0.29) is 12.2 Å². The quantitative estimate of drug-likeness (QED) is 0.847. The molecule has 0 saturated carbocycles. The molecule has 116 valence electrons. The first-order valence-electron chi connectivity index (χ1n) is 8.13. The molecule has 2 aliphatic heterocycles. The van der Waals surface area contributed by atoms with Gasteiger partial charge in [-0.15, -0.1) is 0 Å². The van der Waals surface area contributed by atoms with Gasteiger partial charge in [0.1, 0.15) is 0 Å². The van der Waals surface area contributed by atoms with Crippen molar-refractivity contribution in [3.8, 4) is 0 Å². The molecule has 0 bridgehead atoms. The number of hydrogen-bond donors (Lipinski definition) is 1. The highest BCUT2D eigenvalue weighted by molar-refractivity contribution is 7.99. The van der Waals surface area contributed by atoms with Gasteiger partial charge in [0.15, 0.2) is 0 Å². The number of nitrogens with one attached hydrogen (secondary N) is 1. The molecule has 4 heteroatoms. The van der Waals surface area contributed by atoms with E-state index in [4.69, 9.17) is 0 Å². The van der Waals surface area contributed by atoms with Crippen LogP contribution in [-0.2, 0) is 4.79 Å². The Morgan fingerprint density at radius 2 is 1.90 bits per heavy atom. The van der Waals surface area contributed by atoms with Crippen molar-refractivity contribution in [2.75, 3.05) is 18.1 Å². The minimum Gasteiger partial charge on any atom is -0.325 e. The zero-order valence-electron chi connectivity index (χ0n) is 13.4. The van der Waals surface area contributed by atoms with Crippen LogP contribution in [0.3, 0.4) is 0 Å². The lowest BCUT2D eigenvalue weighted by molar-refractivity contribution is -0.131. The van der Waals surface area contributed by atoms with Crippen LogP contribution in [0.15, 0.2) is 0 Å². The second kappa shape index (κ2) is 7.17. The zero-order chi connectivity index (χ0) is 14.7. The number of hydrogen-bond acceptors (Lipinski definition) is 3. The number of rotatable bonds is 5. The normalized spacial score (nSPS) is 28.9. The summed E-state index contributed by atoms with van der Waals surface area (Å²) < 4.78 is 0. The van der Waals surface area contributed by atoms with Gasteiger partial charge in [-0.2, -0.15) is 11.8 Å². The van der Waals surface area contributed by atoms with Gasteiger partial charge in [-0.05, 0) is 48.5 Å². The third-order valence-corrected chi connectivity index (χ3v) is 5.47. The Balaban J connectivity index is 2.00. The predicted octanol–water partition coefficient (Wildman–Crippen LogP) is 2.96. The molecule has 3 nitrogen and oxygen atoms in total. The van der Waals surface area contributed by atoms with Crippen molar-refractivity contribution < 1.29 is 4.79 Å². The van der Waals surface area contributed by atoms with Gasteiger partial charge in [0.25, 0.3) is 0 Å². The van der Waals surface area contributed by atoms with Crippen LogP contribution in [0, 0.1) is 17.8 Å². The summed E-state index contributed by atoms with van der Waals surface area (Å²) in [4.78, 5) is 14.8. The van der Waals surface area contributed by atoms with Crippen LogP contribution in [0.4, 0.5) is 0 Å². The molecule has 1 N–H and O–H groups in total. The van der Waals surface area contributed by atoms with E-state index >= 15 is 0 Å². The lowest BCUT2D eigenvalue weighted by Crippen LogP contribution is -2.44. The fourth-order valence-electron chi connectivity index (χ4n) is 3.31. The van der Waals surface area contributed by atoms with Crippen LogP contribution in [0.5, 0.6) is 0 Å². The van der Waals surface area contributed by atoms with Gasteiger partial charge in [-0.3, -0.25) is 10.1 Å². The number of nitrogens with zero attached hydrogens (tertiary/aromatic N) is 1. The van der Waals surface area contributed by atoms with Gasteiger partial charge in [-0.25, -0.2) is 0 Å². The van der Waals surface area contributed by atoms with E-state index in [1.54, 1.807) is 0 Å². The summed E-state index contributed by atoms with van der Waals surface area (Å²) in [5.41, 5.74) is 0. The van der Waals surface area contributed by atoms with Crippen LogP contribution in [0.1, 0.15) is 47.0 Å². The molecule has 2 atom stereocenters. The molecule has 20 heavy (non-hydrogen) atoms. The first-order chi connectivity index (χ1) is 9.49. The molecular formula is C16H30N2OS. The maximum Gasteiger partial charge on any atom is 0.241 e. The predicted molar refractivity (Wildman–Crippen MR) is 86.8 cm³/mol. The first kappa shape index (κ1) is 16.2. The molecule has 0 spiro atoms. The molecular weight excluding hydrogens is 268 g/mol. The Labute approximate surface area is 128 Å². The molecule has 2 saturated heterocycles. The smallest absolute Gasteiger partial charge is 0.241 e. The van der Waals surface area contributed by atoms with E-state index in [0.29, 0.717) is 23.7 Å². The molecule has 0 aromatic rings. The van der Waals surface area contributed by atoms with Gasteiger partial charge in [0.05, 0.1) is 12.2 Å². The Morgan fingerprint density at radius 3 is 2.45 bits per heavy atom. The number of amides is 1. The van der Waals surface area contributed by atoms with Crippen molar-refractivity contribution >= 4 is 17.7 Å². The van der Waals surface area contributed by atoms with Crippen molar-refractivity contribution in [1.82, 2.24) is 10.2 Å². The molecule has 0 aromatic heterocycles. The van der Waals surface area contributed by atoms with Crippen LogP contribution in [-0.4, -0.2) is 41.1 Å². The van der Waals surface area contributed by atoms with Crippen LogP contribution >= 0.6 is 11.8 Å². The number of carbonyl (C=O) groups excluding carboxylic acids is 1. The van der Waals surface area contributed by atoms with E-state index in [1.165, 1.54) is 24.3 Å². The fraction of sp³-hybridized carbons (Fsp3) is 0.938. The monoisotopic (exact) mass is 298 g/mol. The van der Waals surface area contributed by atoms with Gasteiger partial charge in [-0.1, -0.05) is 27.7 Å². The van der Waals surface area contributed by atoms with Crippen molar-refractivity contribution in [1.29, 1.82) is 0 Å². The van der Waals surface area contributed by atoms with Crippen LogP contribution in [0.25, 0.3) is 0 Å². The van der Waals surface area contributed by atoms with Gasteiger partial charge >= 0.3 is 0 Å².